The Morgan fingerprint density at radius 2 is 1.93 bits per heavy atom. The summed E-state index contributed by atoms with van der Waals surface area (Å²) in [5.41, 5.74) is 0.859. The third-order valence-electron chi connectivity index (χ3n) is 5.22. The Bertz CT molecular complexity index is 845. The van der Waals surface area contributed by atoms with Crippen LogP contribution in [0.15, 0.2) is 36.5 Å². The lowest BCUT2D eigenvalue weighted by Crippen LogP contribution is -2.30. The molecule has 0 atom stereocenters. The molecule has 0 spiro atoms. The molecular formula is C22H26F3N3O. The summed E-state index contributed by atoms with van der Waals surface area (Å²) in [7, 11) is 0. The second-order valence-electron chi connectivity index (χ2n) is 7.51. The SMILES string of the molecule is Cc1ncccc1C(=O)Nc1cc(CCCN2CCCCC2)cc(C(F)(F)F)c1. The highest BCUT2D eigenvalue weighted by molar-refractivity contribution is 6.05. The number of piperidine rings is 1. The van der Waals surface area contributed by atoms with Gasteiger partial charge < -0.3 is 10.2 Å². The summed E-state index contributed by atoms with van der Waals surface area (Å²) >= 11 is 0. The van der Waals surface area contributed by atoms with Crippen molar-refractivity contribution in [3.8, 4) is 0 Å². The van der Waals surface area contributed by atoms with Crippen LogP contribution in [-0.4, -0.2) is 35.4 Å². The van der Waals surface area contributed by atoms with Gasteiger partial charge >= 0.3 is 6.18 Å². The average molecular weight is 405 g/mol. The molecule has 1 aromatic carbocycles. The second kappa shape index (κ2) is 9.39. The van der Waals surface area contributed by atoms with Crippen LogP contribution >= 0.6 is 0 Å². The average Bonchev–Trinajstić information content (AvgIpc) is 2.68. The number of halogens is 3. The number of carbonyl (C=O) groups is 1. The lowest BCUT2D eigenvalue weighted by Gasteiger charge is -2.26. The Labute approximate surface area is 169 Å². The van der Waals surface area contributed by atoms with Gasteiger partial charge in [-0.1, -0.05) is 6.42 Å². The number of aromatic nitrogens is 1. The van der Waals surface area contributed by atoms with Crippen LogP contribution < -0.4 is 5.32 Å². The number of benzene rings is 1. The number of pyridine rings is 1. The number of hydrogen-bond acceptors (Lipinski definition) is 3. The molecule has 2 heterocycles. The van der Waals surface area contributed by atoms with Gasteiger partial charge in [-0.3, -0.25) is 9.78 Å². The monoisotopic (exact) mass is 405 g/mol. The number of carbonyl (C=O) groups excluding carboxylic acids is 1. The number of aryl methyl sites for hydroxylation is 2. The smallest absolute Gasteiger partial charge is 0.322 e. The molecule has 3 rings (SSSR count). The summed E-state index contributed by atoms with van der Waals surface area (Å²) in [5.74, 6) is -0.464. The van der Waals surface area contributed by atoms with E-state index >= 15 is 0 Å². The zero-order valence-corrected chi connectivity index (χ0v) is 16.6. The van der Waals surface area contributed by atoms with Crippen LogP contribution in [0.25, 0.3) is 0 Å². The number of nitrogens with zero attached hydrogens (tertiary/aromatic N) is 2. The summed E-state index contributed by atoms with van der Waals surface area (Å²) in [6.07, 6.45) is 2.06. The largest absolute Gasteiger partial charge is 0.416 e. The first-order chi connectivity index (χ1) is 13.8. The molecule has 1 aromatic heterocycles. The first-order valence-electron chi connectivity index (χ1n) is 9.99. The minimum atomic E-state index is -4.47. The van der Waals surface area contributed by atoms with Crippen molar-refractivity contribution in [1.29, 1.82) is 0 Å². The number of likely N-dealkylation sites (tertiary alicyclic amines) is 1. The van der Waals surface area contributed by atoms with Crippen molar-refractivity contribution in [2.24, 2.45) is 0 Å². The van der Waals surface area contributed by atoms with E-state index in [1.165, 1.54) is 25.3 Å². The van der Waals surface area contributed by atoms with Crippen molar-refractivity contribution < 1.29 is 18.0 Å². The lowest BCUT2D eigenvalue weighted by molar-refractivity contribution is -0.137. The van der Waals surface area contributed by atoms with E-state index in [1.807, 2.05) is 0 Å². The molecule has 1 aliphatic rings. The van der Waals surface area contributed by atoms with Crippen LogP contribution in [0, 0.1) is 6.92 Å². The van der Waals surface area contributed by atoms with E-state index in [0.717, 1.165) is 32.1 Å². The molecule has 1 amide bonds. The number of rotatable bonds is 6. The van der Waals surface area contributed by atoms with Crippen LogP contribution in [0.5, 0.6) is 0 Å². The third kappa shape index (κ3) is 6.03. The maximum atomic E-state index is 13.4. The number of amides is 1. The zero-order chi connectivity index (χ0) is 20.9. The van der Waals surface area contributed by atoms with Crippen LogP contribution in [0.4, 0.5) is 18.9 Å². The number of anilines is 1. The highest BCUT2D eigenvalue weighted by atomic mass is 19.4. The van der Waals surface area contributed by atoms with Gasteiger partial charge in [0, 0.05) is 17.6 Å². The van der Waals surface area contributed by atoms with Gasteiger partial charge in [-0.05, 0) is 88.1 Å². The van der Waals surface area contributed by atoms with Crippen molar-refractivity contribution in [2.75, 3.05) is 25.0 Å². The fraction of sp³-hybridized carbons (Fsp3) is 0.455. The molecule has 1 saturated heterocycles. The van der Waals surface area contributed by atoms with Gasteiger partial charge in [-0.25, -0.2) is 0 Å². The first-order valence-corrected chi connectivity index (χ1v) is 9.99. The van der Waals surface area contributed by atoms with Crippen LogP contribution in [0.1, 0.15) is 52.9 Å². The Morgan fingerprint density at radius 1 is 1.17 bits per heavy atom. The van der Waals surface area contributed by atoms with E-state index in [0.29, 0.717) is 23.2 Å². The topological polar surface area (TPSA) is 45.2 Å². The molecule has 1 fully saturated rings. The maximum Gasteiger partial charge on any atom is 0.416 e. The van der Waals surface area contributed by atoms with Gasteiger partial charge in [0.1, 0.15) is 0 Å². The highest BCUT2D eigenvalue weighted by Gasteiger charge is 2.31. The second-order valence-corrected chi connectivity index (χ2v) is 7.51. The van der Waals surface area contributed by atoms with Gasteiger partial charge in [0.25, 0.3) is 5.91 Å². The van der Waals surface area contributed by atoms with Gasteiger partial charge in [-0.2, -0.15) is 13.2 Å². The molecule has 4 nitrogen and oxygen atoms in total. The van der Waals surface area contributed by atoms with Gasteiger partial charge in [-0.15, -0.1) is 0 Å². The van der Waals surface area contributed by atoms with E-state index in [-0.39, 0.29) is 5.69 Å². The maximum absolute atomic E-state index is 13.4. The fourth-order valence-electron chi connectivity index (χ4n) is 3.68. The standard InChI is InChI=1S/C22H26F3N3O/c1-16-20(8-5-9-26-16)21(29)27-19-14-17(13-18(15-19)22(23,24)25)7-6-12-28-10-3-2-4-11-28/h5,8-9,13-15H,2-4,6-7,10-12H2,1H3,(H,27,29). The Balaban J connectivity index is 1.73. The van der Waals surface area contributed by atoms with Crippen molar-refractivity contribution >= 4 is 11.6 Å². The number of alkyl halides is 3. The zero-order valence-electron chi connectivity index (χ0n) is 16.6. The van der Waals surface area contributed by atoms with E-state index in [1.54, 1.807) is 31.3 Å². The minimum Gasteiger partial charge on any atom is -0.322 e. The van der Waals surface area contributed by atoms with Gasteiger partial charge in [0.05, 0.1) is 11.1 Å². The molecule has 0 saturated carbocycles. The molecule has 29 heavy (non-hydrogen) atoms. The van der Waals surface area contributed by atoms with Crippen LogP contribution in [0.2, 0.25) is 0 Å². The van der Waals surface area contributed by atoms with E-state index in [4.69, 9.17) is 0 Å². The Hall–Kier alpha value is -2.41. The van der Waals surface area contributed by atoms with Crippen LogP contribution in [0.3, 0.4) is 0 Å². The normalized spacial score (nSPS) is 15.3. The summed E-state index contributed by atoms with van der Waals surface area (Å²) in [6.45, 7) is 4.70. The van der Waals surface area contributed by atoms with Gasteiger partial charge in [0.2, 0.25) is 0 Å². The molecule has 1 aliphatic heterocycles. The number of nitrogens with one attached hydrogen (secondary N) is 1. The van der Waals surface area contributed by atoms with Crippen molar-refractivity contribution in [3.63, 3.8) is 0 Å². The van der Waals surface area contributed by atoms with Crippen LogP contribution in [-0.2, 0) is 12.6 Å². The Morgan fingerprint density at radius 3 is 2.62 bits per heavy atom. The molecule has 2 aromatic rings. The Kier molecular flexibility index (Phi) is 6.90. The summed E-state index contributed by atoms with van der Waals surface area (Å²) in [5, 5.41) is 2.60. The first kappa shape index (κ1) is 21.3. The summed E-state index contributed by atoms with van der Waals surface area (Å²) in [4.78, 5) is 18.9. The van der Waals surface area contributed by atoms with E-state index in [9.17, 15) is 18.0 Å². The van der Waals surface area contributed by atoms with Gasteiger partial charge in [0.15, 0.2) is 0 Å². The van der Waals surface area contributed by atoms with Crippen molar-refractivity contribution in [1.82, 2.24) is 9.88 Å². The molecule has 0 aliphatic carbocycles. The highest BCUT2D eigenvalue weighted by Crippen LogP contribution is 2.32. The third-order valence-corrected chi connectivity index (χ3v) is 5.22. The predicted octanol–water partition coefficient (Wildman–Crippen LogP) is 5.08. The fourth-order valence-corrected chi connectivity index (χ4v) is 3.68. The minimum absolute atomic E-state index is 0.154. The predicted molar refractivity (Wildman–Crippen MR) is 107 cm³/mol. The van der Waals surface area contributed by atoms with Crippen molar-refractivity contribution in [2.45, 2.75) is 45.2 Å². The van der Waals surface area contributed by atoms with Crippen molar-refractivity contribution in [3.05, 3.63) is 58.9 Å². The molecule has 7 heteroatoms. The molecule has 1 N–H and O–H groups in total. The number of hydrogen-bond donors (Lipinski definition) is 1. The lowest BCUT2D eigenvalue weighted by atomic mass is 10.0. The quantitative estimate of drug-likeness (QED) is 0.729. The molecule has 156 valence electrons. The molecular weight excluding hydrogens is 379 g/mol. The van der Waals surface area contributed by atoms with E-state index in [2.05, 4.69) is 15.2 Å². The molecule has 0 bridgehead atoms. The van der Waals surface area contributed by atoms with E-state index < -0.39 is 17.6 Å². The summed E-state index contributed by atoms with van der Waals surface area (Å²) in [6, 6.07) is 7.03. The molecule has 0 radical (unpaired) electrons. The molecule has 0 unspecified atom stereocenters. The summed E-state index contributed by atoms with van der Waals surface area (Å²) < 4.78 is 40.1.